The maximum absolute atomic E-state index is 12.5. The molecule has 1 aliphatic rings. The summed E-state index contributed by atoms with van der Waals surface area (Å²) >= 11 is 7.34. The summed E-state index contributed by atoms with van der Waals surface area (Å²) in [7, 11) is 0. The number of carbonyl (C=O) groups is 1. The molecule has 1 aliphatic heterocycles. The molecule has 2 heterocycles. The second kappa shape index (κ2) is 6.22. The lowest BCUT2D eigenvalue weighted by molar-refractivity contribution is -0.147. The van der Waals surface area contributed by atoms with Gasteiger partial charge in [0, 0.05) is 11.4 Å². The lowest BCUT2D eigenvalue weighted by Crippen LogP contribution is -2.53. The predicted octanol–water partition coefficient (Wildman–Crippen LogP) is 2.11. The zero-order chi connectivity index (χ0) is 14.0. The first-order valence-corrected chi connectivity index (χ1v) is 7.50. The lowest BCUT2D eigenvalue weighted by atomic mass is 10.1. The smallest absolute Gasteiger partial charge is 0.231 e. The van der Waals surface area contributed by atoms with Gasteiger partial charge in [-0.3, -0.25) is 4.79 Å². The number of thiophene rings is 1. The van der Waals surface area contributed by atoms with Gasteiger partial charge in [0.2, 0.25) is 5.91 Å². The van der Waals surface area contributed by atoms with Gasteiger partial charge in [-0.1, -0.05) is 11.6 Å². The van der Waals surface area contributed by atoms with E-state index in [0.29, 0.717) is 17.5 Å². The van der Waals surface area contributed by atoms with Crippen molar-refractivity contribution in [2.24, 2.45) is 0 Å². The fourth-order valence-corrected chi connectivity index (χ4v) is 3.27. The highest BCUT2D eigenvalue weighted by Crippen LogP contribution is 2.30. The van der Waals surface area contributed by atoms with Crippen LogP contribution in [0.25, 0.3) is 0 Å². The topological polar surface area (TPSA) is 49.8 Å². The standard InChI is InChI=1S/C13H18ClNO3S/c1-8-7-18-10(6-16)5-15(8)13(17)9(2)11-3-4-12(14)19-11/h3-4,8-10,16H,5-7H2,1-2H3. The first-order valence-electron chi connectivity index (χ1n) is 6.31. The number of rotatable bonds is 3. The summed E-state index contributed by atoms with van der Waals surface area (Å²) in [5.41, 5.74) is 0. The number of amides is 1. The maximum atomic E-state index is 12.5. The fourth-order valence-electron chi connectivity index (χ4n) is 2.17. The molecule has 3 unspecified atom stereocenters. The van der Waals surface area contributed by atoms with Gasteiger partial charge in [0.15, 0.2) is 0 Å². The lowest BCUT2D eigenvalue weighted by Gasteiger charge is -2.38. The van der Waals surface area contributed by atoms with Gasteiger partial charge < -0.3 is 14.7 Å². The molecule has 19 heavy (non-hydrogen) atoms. The van der Waals surface area contributed by atoms with Gasteiger partial charge in [0.1, 0.15) is 0 Å². The van der Waals surface area contributed by atoms with Crippen molar-refractivity contribution in [1.82, 2.24) is 4.90 Å². The Morgan fingerprint density at radius 2 is 2.42 bits per heavy atom. The van der Waals surface area contributed by atoms with E-state index in [1.165, 1.54) is 11.3 Å². The third-order valence-electron chi connectivity index (χ3n) is 3.38. The number of ether oxygens (including phenoxy) is 1. The van der Waals surface area contributed by atoms with E-state index in [1.54, 1.807) is 4.90 Å². The molecule has 1 N–H and O–H groups in total. The molecule has 4 nitrogen and oxygen atoms in total. The van der Waals surface area contributed by atoms with Crippen LogP contribution in [-0.4, -0.2) is 47.8 Å². The minimum absolute atomic E-state index is 0.0354. The quantitative estimate of drug-likeness (QED) is 0.930. The molecule has 0 aromatic carbocycles. The highest BCUT2D eigenvalue weighted by atomic mass is 35.5. The number of aliphatic hydroxyl groups excluding tert-OH is 1. The molecular formula is C13H18ClNO3S. The molecule has 0 saturated carbocycles. The van der Waals surface area contributed by atoms with Crippen molar-refractivity contribution >= 4 is 28.8 Å². The number of carbonyl (C=O) groups excluding carboxylic acids is 1. The second-order valence-electron chi connectivity index (χ2n) is 4.84. The highest BCUT2D eigenvalue weighted by Gasteiger charge is 2.32. The molecule has 0 aliphatic carbocycles. The Kier molecular flexibility index (Phi) is 4.84. The van der Waals surface area contributed by atoms with Gasteiger partial charge in [0.25, 0.3) is 0 Å². The molecular weight excluding hydrogens is 286 g/mol. The molecule has 3 atom stereocenters. The molecule has 1 saturated heterocycles. The normalized spacial score (nSPS) is 25.4. The number of aliphatic hydroxyl groups is 1. The SMILES string of the molecule is CC(C(=O)N1CC(CO)OCC1C)c1ccc(Cl)s1. The van der Waals surface area contributed by atoms with E-state index < -0.39 is 0 Å². The summed E-state index contributed by atoms with van der Waals surface area (Å²) in [6.07, 6.45) is -0.278. The zero-order valence-corrected chi connectivity index (χ0v) is 12.6. The van der Waals surface area contributed by atoms with E-state index in [2.05, 4.69) is 0 Å². The largest absolute Gasteiger partial charge is 0.394 e. The van der Waals surface area contributed by atoms with Crippen molar-refractivity contribution in [3.8, 4) is 0 Å². The third kappa shape index (κ3) is 3.28. The van der Waals surface area contributed by atoms with Crippen LogP contribution in [0.1, 0.15) is 24.6 Å². The average Bonchev–Trinajstić information content (AvgIpc) is 2.84. The van der Waals surface area contributed by atoms with Crippen LogP contribution in [0.4, 0.5) is 0 Å². The van der Waals surface area contributed by atoms with Crippen molar-refractivity contribution in [3.63, 3.8) is 0 Å². The molecule has 0 bridgehead atoms. The fraction of sp³-hybridized carbons (Fsp3) is 0.615. The predicted molar refractivity (Wildman–Crippen MR) is 75.7 cm³/mol. The monoisotopic (exact) mass is 303 g/mol. The van der Waals surface area contributed by atoms with Crippen LogP contribution in [-0.2, 0) is 9.53 Å². The van der Waals surface area contributed by atoms with E-state index in [0.717, 1.165) is 4.88 Å². The van der Waals surface area contributed by atoms with Gasteiger partial charge in [0.05, 0.1) is 35.6 Å². The number of halogens is 1. The summed E-state index contributed by atoms with van der Waals surface area (Å²) < 4.78 is 6.14. The summed E-state index contributed by atoms with van der Waals surface area (Å²) in [5, 5.41) is 9.16. The minimum atomic E-state index is -0.278. The van der Waals surface area contributed by atoms with Crippen molar-refractivity contribution in [2.45, 2.75) is 31.9 Å². The maximum Gasteiger partial charge on any atom is 0.231 e. The number of nitrogens with zero attached hydrogens (tertiary/aromatic N) is 1. The molecule has 1 aromatic rings. The van der Waals surface area contributed by atoms with E-state index in [-0.39, 0.29) is 30.6 Å². The van der Waals surface area contributed by atoms with Gasteiger partial charge >= 0.3 is 0 Å². The van der Waals surface area contributed by atoms with Crippen LogP contribution in [0.3, 0.4) is 0 Å². The summed E-state index contributed by atoms with van der Waals surface area (Å²) in [6, 6.07) is 3.74. The molecule has 106 valence electrons. The van der Waals surface area contributed by atoms with E-state index >= 15 is 0 Å². The van der Waals surface area contributed by atoms with Crippen molar-refractivity contribution < 1.29 is 14.6 Å². The zero-order valence-electron chi connectivity index (χ0n) is 11.0. The van der Waals surface area contributed by atoms with Crippen LogP contribution in [0.15, 0.2) is 12.1 Å². The molecule has 1 fully saturated rings. The van der Waals surface area contributed by atoms with Gasteiger partial charge in [-0.2, -0.15) is 0 Å². The molecule has 6 heteroatoms. The van der Waals surface area contributed by atoms with Crippen LogP contribution < -0.4 is 0 Å². The Balaban J connectivity index is 2.09. The van der Waals surface area contributed by atoms with Gasteiger partial charge in [-0.25, -0.2) is 0 Å². The number of morpholine rings is 1. The first-order chi connectivity index (χ1) is 9.02. The van der Waals surface area contributed by atoms with E-state index in [4.69, 9.17) is 21.4 Å². The molecule has 2 rings (SSSR count). The Morgan fingerprint density at radius 3 is 3.00 bits per heavy atom. The van der Waals surface area contributed by atoms with Crippen molar-refractivity contribution in [1.29, 1.82) is 0 Å². The molecule has 0 radical (unpaired) electrons. The summed E-state index contributed by atoms with van der Waals surface area (Å²) in [5.74, 6) is -0.148. The highest BCUT2D eigenvalue weighted by molar-refractivity contribution is 7.16. The molecule has 0 spiro atoms. The summed E-state index contributed by atoms with van der Waals surface area (Å²) in [6.45, 7) is 4.70. The first kappa shape index (κ1) is 14.8. The Labute approximate surface area is 121 Å². The Hall–Kier alpha value is -0.620. The third-order valence-corrected chi connectivity index (χ3v) is 4.80. The van der Waals surface area contributed by atoms with Crippen LogP contribution in [0.5, 0.6) is 0 Å². The van der Waals surface area contributed by atoms with Crippen LogP contribution in [0, 0.1) is 0 Å². The molecule has 1 aromatic heterocycles. The second-order valence-corrected chi connectivity index (χ2v) is 6.59. The van der Waals surface area contributed by atoms with Gasteiger partial charge in [-0.15, -0.1) is 11.3 Å². The van der Waals surface area contributed by atoms with Gasteiger partial charge in [-0.05, 0) is 26.0 Å². The van der Waals surface area contributed by atoms with Crippen LogP contribution in [0.2, 0.25) is 4.34 Å². The average molecular weight is 304 g/mol. The van der Waals surface area contributed by atoms with E-state index in [1.807, 2.05) is 26.0 Å². The molecule has 1 amide bonds. The Morgan fingerprint density at radius 1 is 1.68 bits per heavy atom. The van der Waals surface area contributed by atoms with Crippen molar-refractivity contribution in [3.05, 3.63) is 21.3 Å². The summed E-state index contributed by atoms with van der Waals surface area (Å²) in [4.78, 5) is 15.3. The Bertz CT molecular complexity index is 451. The van der Waals surface area contributed by atoms with E-state index in [9.17, 15) is 4.79 Å². The minimum Gasteiger partial charge on any atom is -0.394 e. The van der Waals surface area contributed by atoms with Crippen LogP contribution >= 0.6 is 22.9 Å². The number of hydrogen-bond donors (Lipinski definition) is 1. The van der Waals surface area contributed by atoms with Crippen molar-refractivity contribution in [2.75, 3.05) is 19.8 Å². The number of hydrogen-bond acceptors (Lipinski definition) is 4.